The summed E-state index contributed by atoms with van der Waals surface area (Å²) in [6.45, 7) is 0.617. The zero-order valence-electron chi connectivity index (χ0n) is 7.87. The molecule has 0 atom stereocenters. The molecule has 1 rings (SSSR count). The Kier molecular flexibility index (Phi) is 7.09. The molecule has 0 radical (unpaired) electrons. The van der Waals surface area contributed by atoms with Gasteiger partial charge in [0.1, 0.15) is 0 Å². The minimum absolute atomic E-state index is 0. The molecule has 4 N–H and O–H groups in total. The van der Waals surface area contributed by atoms with Gasteiger partial charge in [-0.3, -0.25) is 4.99 Å². The molecule has 1 heterocycles. The van der Waals surface area contributed by atoms with E-state index in [1.807, 2.05) is 6.07 Å². The summed E-state index contributed by atoms with van der Waals surface area (Å²) in [7, 11) is 0. The summed E-state index contributed by atoms with van der Waals surface area (Å²) in [6.07, 6.45) is 1.71. The first-order chi connectivity index (χ1) is 6.59. The first-order valence-corrected chi connectivity index (χ1v) is 5.66. The fourth-order valence-corrected chi connectivity index (χ4v) is 2.57. The normalized spacial score (nSPS) is 9.47. The van der Waals surface area contributed by atoms with E-state index >= 15 is 0 Å². The molecule has 0 spiro atoms. The van der Waals surface area contributed by atoms with E-state index in [-0.39, 0.29) is 18.4 Å². The number of halogens is 3. The first-order valence-electron chi connectivity index (χ1n) is 4.08. The summed E-state index contributed by atoms with van der Waals surface area (Å²) in [6, 6.07) is 1.88. The van der Waals surface area contributed by atoms with E-state index in [0.29, 0.717) is 10.9 Å². The Morgan fingerprint density at radius 1 is 1.40 bits per heavy atom. The Morgan fingerprint density at radius 3 is 2.53 bits per heavy atom. The molecule has 0 unspecified atom stereocenters. The van der Waals surface area contributed by atoms with E-state index in [1.165, 1.54) is 11.3 Å². The van der Waals surface area contributed by atoms with E-state index in [0.717, 1.165) is 22.7 Å². The van der Waals surface area contributed by atoms with Crippen molar-refractivity contribution >= 4 is 52.9 Å². The maximum atomic E-state index is 5.94. The fourth-order valence-electron chi connectivity index (χ4n) is 1.02. The molecule has 0 fully saturated rings. The van der Waals surface area contributed by atoms with Crippen molar-refractivity contribution < 1.29 is 0 Å². The fraction of sp³-hybridized carbons (Fsp3) is 0.375. The van der Waals surface area contributed by atoms with Gasteiger partial charge in [0.05, 0.1) is 8.67 Å². The smallest absolute Gasteiger partial charge is 0.185 e. The van der Waals surface area contributed by atoms with E-state index < -0.39 is 0 Å². The number of aliphatic imine (C=N–C) groups is 1. The first kappa shape index (κ1) is 14.8. The van der Waals surface area contributed by atoms with Crippen molar-refractivity contribution in [2.24, 2.45) is 16.5 Å². The lowest BCUT2D eigenvalue weighted by Gasteiger charge is -1.96. The van der Waals surface area contributed by atoms with Crippen LogP contribution in [0.25, 0.3) is 0 Å². The van der Waals surface area contributed by atoms with E-state index in [4.69, 9.17) is 34.7 Å². The molecule has 7 heteroatoms. The summed E-state index contributed by atoms with van der Waals surface area (Å²) in [5, 5.41) is 0. The number of rotatable bonds is 4. The van der Waals surface area contributed by atoms with E-state index in [9.17, 15) is 0 Å². The van der Waals surface area contributed by atoms with Crippen molar-refractivity contribution in [2.45, 2.75) is 12.8 Å². The van der Waals surface area contributed by atoms with Crippen LogP contribution in [0.5, 0.6) is 0 Å². The third-order valence-electron chi connectivity index (χ3n) is 1.63. The maximum absolute atomic E-state index is 5.94. The number of nitrogens with two attached hydrogens (primary N) is 2. The Labute approximate surface area is 109 Å². The van der Waals surface area contributed by atoms with Gasteiger partial charge in [0.15, 0.2) is 5.96 Å². The number of hydrogen-bond donors (Lipinski definition) is 2. The van der Waals surface area contributed by atoms with Gasteiger partial charge in [-0.25, -0.2) is 0 Å². The van der Waals surface area contributed by atoms with E-state index in [1.54, 1.807) is 0 Å². The minimum atomic E-state index is 0. The highest BCUT2D eigenvalue weighted by Gasteiger charge is 2.04. The van der Waals surface area contributed by atoms with Gasteiger partial charge in [-0.05, 0) is 24.5 Å². The zero-order chi connectivity index (χ0) is 10.6. The second-order valence-corrected chi connectivity index (χ2v) is 5.05. The molecule has 0 saturated carbocycles. The maximum Gasteiger partial charge on any atom is 0.185 e. The van der Waals surface area contributed by atoms with Crippen LogP contribution < -0.4 is 11.5 Å². The molecule has 86 valence electrons. The molecule has 3 nitrogen and oxygen atoms in total. The highest BCUT2D eigenvalue weighted by atomic mass is 35.5. The SMILES string of the molecule is Cl.NC(N)=NCCCc1cc(Cl)sc1Cl. The molecule has 0 aliphatic heterocycles. The van der Waals surface area contributed by atoms with Crippen LogP contribution in [0.4, 0.5) is 0 Å². The quantitative estimate of drug-likeness (QED) is 0.508. The Balaban J connectivity index is 0.00000196. The predicted octanol–water partition coefficient (Wildman–Crippen LogP) is 2.68. The van der Waals surface area contributed by atoms with Crippen molar-refractivity contribution in [1.82, 2.24) is 0 Å². The molecule has 0 bridgehead atoms. The molecule has 1 aromatic heterocycles. The van der Waals surface area contributed by atoms with Gasteiger partial charge in [0.25, 0.3) is 0 Å². The lowest BCUT2D eigenvalue weighted by Crippen LogP contribution is -2.23. The highest BCUT2D eigenvalue weighted by Crippen LogP contribution is 2.31. The summed E-state index contributed by atoms with van der Waals surface area (Å²) in [5.74, 6) is 0.124. The number of thiophene rings is 1. The third kappa shape index (κ3) is 5.47. The number of aryl methyl sites for hydroxylation is 1. The largest absolute Gasteiger partial charge is 0.370 e. The van der Waals surface area contributed by atoms with Crippen LogP contribution in [0.2, 0.25) is 8.67 Å². The molecule has 1 aromatic rings. The van der Waals surface area contributed by atoms with Gasteiger partial charge < -0.3 is 11.5 Å². The molecule has 0 saturated heterocycles. The standard InChI is InChI=1S/C8H11Cl2N3S.ClH/c9-6-4-5(7(10)14-6)2-1-3-13-8(11)12;/h4H,1-3H2,(H4,11,12,13);1H. The Bertz CT molecular complexity index is 334. The second kappa shape index (κ2) is 7.17. The van der Waals surface area contributed by atoms with Gasteiger partial charge in [0.2, 0.25) is 0 Å². The molecular weight excluding hydrogens is 277 g/mol. The van der Waals surface area contributed by atoms with Gasteiger partial charge in [0, 0.05) is 6.54 Å². The molecule has 0 aliphatic carbocycles. The minimum Gasteiger partial charge on any atom is -0.370 e. The summed E-state index contributed by atoms with van der Waals surface area (Å²) in [5.41, 5.74) is 11.4. The van der Waals surface area contributed by atoms with Crippen LogP contribution in [-0.4, -0.2) is 12.5 Å². The van der Waals surface area contributed by atoms with Crippen LogP contribution in [-0.2, 0) is 6.42 Å². The monoisotopic (exact) mass is 287 g/mol. The van der Waals surface area contributed by atoms with Crippen LogP contribution in [0.3, 0.4) is 0 Å². The molecule has 15 heavy (non-hydrogen) atoms. The lowest BCUT2D eigenvalue weighted by molar-refractivity contribution is 0.834. The van der Waals surface area contributed by atoms with Crippen LogP contribution in [0, 0.1) is 0 Å². The van der Waals surface area contributed by atoms with Crippen molar-refractivity contribution in [3.63, 3.8) is 0 Å². The van der Waals surface area contributed by atoms with Gasteiger partial charge >= 0.3 is 0 Å². The number of nitrogens with zero attached hydrogens (tertiary/aromatic N) is 1. The summed E-state index contributed by atoms with van der Waals surface area (Å²) < 4.78 is 1.46. The average Bonchev–Trinajstić information content (AvgIpc) is 2.39. The molecule has 0 aliphatic rings. The highest BCUT2D eigenvalue weighted by molar-refractivity contribution is 7.20. The second-order valence-electron chi connectivity index (χ2n) is 2.76. The van der Waals surface area contributed by atoms with E-state index in [2.05, 4.69) is 4.99 Å². The predicted molar refractivity (Wildman–Crippen MR) is 70.6 cm³/mol. The molecule has 0 aromatic carbocycles. The van der Waals surface area contributed by atoms with Crippen LogP contribution in [0.1, 0.15) is 12.0 Å². The van der Waals surface area contributed by atoms with Crippen molar-refractivity contribution in [3.8, 4) is 0 Å². The summed E-state index contributed by atoms with van der Waals surface area (Å²) >= 11 is 13.1. The summed E-state index contributed by atoms with van der Waals surface area (Å²) in [4.78, 5) is 3.88. The van der Waals surface area contributed by atoms with Crippen molar-refractivity contribution in [1.29, 1.82) is 0 Å². The third-order valence-corrected chi connectivity index (χ3v) is 3.19. The Hall–Kier alpha value is -0.160. The van der Waals surface area contributed by atoms with Crippen molar-refractivity contribution in [3.05, 3.63) is 20.3 Å². The number of guanidine groups is 1. The van der Waals surface area contributed by atoms with Gasteiger partial charge in [-0.15, -0.1) is 23.7 Å². The van der Waals surface area contributed by atoms with Crippen molar-refractivity contribution in [2.75, 3.05) is 6.54 Å². The lowest BCUT2D eigenvalue weighted by atomic mass is 10.2. The topological polar surface area (TPSA) is 64.4 Å². The van der Waals surface area contributed by atoms with Crippen LogP contribution >= 0.6 is 46.9 Å². The Morgan fingerprint density at radius 2 is 2.07 bits per heavy atom. The van der Waals surface area contributed by atoms with Gasteiger partial charge in [-0.1, -0.05) is 23.2 Å². The molecular formula is C8H12Cl3N3S. The molecule has 0 amide bonds. The van der Waals surface area contributed by atoms with Gasteiger partial charge in [-0.2, -0.15) is 0 Å². The van der Waals surface area contributed by atoms with Crippen LogP contribution in [0.15, 0.2) is 11.1 Å². The average molecular weight is 289 g/mol. The number of hydrogen-bond acceptors (Lipinski definition) is 2. The zero-order valence-corrected chi connectivity index (χ0v) is 11.0.